The zero-order chi connectivity index (χ0) is 12.3. The molecule has 0 radical (unpaired) electrons. The summed E-state index contributed by atoms with van der Waals surface area (Å²) in [6, 6.07) is 1.63. The van der Waals surface area contributed by atoms with E-state index in [0.717, 1.165) is 0 Å². The van der Waals surface area contributed by atoms with Gasteiger partial charge in [-0.1, -0.05) is 0 Å². The van der Waals surface area contributed by atoms with Crippen molar-refractivity contribution >= 4 is 21.7 Å². The molecule has 0 amide bonds. The summed E-state index contributed by atoms with van der Waals surface area (Å²) in [5.41, 5.74) is 1.01. The highest BCUT2D eigenvalue weighted by atomic mass is 79.9. The van der Waals surface area contributed by atoms with E-state index in [4.69, 9.17) is 9.15 Å². The highest BCUT2D eigenvalue weighted by Crippen LogP contribution is 2.20. The van der Waals surface area contributed by atoms with Gasteiger partial charge < -0.3 is 9.15 Å². The second kappa shape index (κ2) is 5.29. The molecule has 0 fully saturated rings. The Balaban J connectivity index is 2.31. The van der Waals surface area contributed by atoms with Gasteiger partial charge in [0.15, 0.2) is 0 Å². The fraction of sp³-hybridized carbons (Fsp3) is 0.273. The molecule has 2 rings (SSSR count). The zero-order valence-corrected chi connectivity index (χ0v) is 10.8. The Hall–Kier alpha value is -1.40. The van der Waals surface area contributed by atoms with Crippen LogP contribution in [0.5, 0.6) is 0 Å². The second-order valence-corrected chi connectivity index (χ2v) is 4.25. The van der Waals surface area contributed by atoms with Crippen molar-refractivity contribution in [3.05, 3.63) is 40.5 Å². The first-order valence-corrected chi connectivity index (χ1v) is 5.80. The van der Waals surface area contributed by atoms with Crippen LogP contribution < -0.4 is 0 Å². The van der Waals surface area contributed by atoms with Crippen LogP contribution in [0, 0.1) is 0 Å². The molecule has 0 unspecified atom stereocenters. The molecule has 0 bridgehead atoms. The monoisotopic (exact) mass is 298 g/mol. The first-order valence-electron chi connectivity index (χ1n) is 5.01. The molecule has 5 nitrogen and oxygen atoms in total. The molecule has 6 heteroatoms. The molecule has 0 saturated heterocycles. The first kappa shape index (κ1) is 12.1. The molecular weight excluding hydrogens is 288 g/mol. The number of carbonyl (C=O) groups is 1. The summed E-state index contributed by atoms with van der Waals surface area (Å²) >= 11 is 3.32. The summed E-state index contributed by atoms with van der Waals surface area (Å²) in [5.74, 6) is -0.126. The Morgan fingerprint density at radius 2 is 2.47 bits per heavy atom. The average Bonchev–Trinajstić information content (AvgIpc) is 2.95. The molecule has 0 spiro atoms. The van der Waals surface area contributed by atoms with E-state index < -0.39 is 0 Å². The van der Waals surface area contributed by atoms with Gasteiger partial charge >= 0.3 is 0 Å². The number of hydrogen-bond acceptors (Lipinski definition) is 4. The third-order valence-corrected chi connectivity index (χ3v) is 2.88. The lowest BCUT2D eigenvalue weighted by Crippen LogP contribution is -2.14. The van der Waals surface area contributed by atoms with E-state index in [9.17, 15) is 4.79 Å². The maximum Gasteiger partial charge on any atom is 0.215 e. The number of methoxy groups -OCH3 is 1. The fourth-order valence-corrected chi connectivity index (χ4v) is 1.94. The summed E-state index contributed by atoms with van der Waals surface area (Å²) < 4.78 is 12.2. The van der Waals surface area contributed by atoms with Crippen LogP contribution in [-0.2, 0) is 11.3 Å². The molecule has 0 aliphatic heterocycles. The normalized spacial score (nSPS) is 10.7. The van der Waals surface area contributed by atoms with Crippen LogP contribution in [0.4, 0.5) is 0 Å². The van der Waals surface area contributed by atoms with Crippen molar-refractivity contribution in [3.8, 4) is 0 Å². The van der Waals surface area contributed by atoms with Crippen LogP contribution in [-0.4, -0.2) is 29.3 Å². The van der Waals surface area contributed by atoms with E-state index >= 15 is 0 Å². The van der Waals surface area contributed by atoms with Gasteiger partial charge in [-0.05, 0) is 22.0 Å². The quantitative estimate of drug-likeness (QED) is 0.794. The molecule has 90 valence electrons. The maximum absolute atomic E-state index is 12.2. The fourth-order valence-electron chi connectivity index (χ4n) is 1.47. The van der Waals surface area contributed by atoms with Gasteiger partial charge in [0.2, 0.25) is 5.78 Å². The molecule has 0 aliphatic rings. The lowest BCUT2D eigenvalue weighted by molar-refractivity contribution is 0.102. The van der Waals surface area contributed by atoms with Gasteiger partial charge in [0.1, 0.15) is 12.0 Å². The SMILES string of the molecule is COCCn1ncc(Br)c1C(=O)c1ccoc1. The van der Waals surface area contributed by atoms with Crippen LogP contribution in [0.25, 0.3) is 0 Å². The standard InChI is InChI=1S/C11H11BrN2O3/c1-16-5-3-14-10(9(12)6-13-14)11(15)8-2-4-17-7-8/h2,4,6-7H,3,5H2,1H3. The third-order valence-electron chi connectivity index (χ3n) is 2.30. The number of ether oxygens (including phenoxy) is 1. The van der Waals surface area contributed by atoms with E-state index in [1.807, 2.05) is 0 Å². The van der Waals surface area contributed by atoms with Crippen LogP contribution >= 0.6 is 15.9 Å². The minimum atomic E-state index is -0.126. The van der Waals surface area contributed by atoms with Crippen LogP contribution in [0.1, 0.15) is 16.1 Å². The molecule has 2 aromatic rings. The lowest BCUT2D eigenvalue weighted by atomic mass is 10.1. The topological polar surface area (TPSA) is 57.3 Å². The zero-order valence-electron chi connectivity index (χ0n) is 9.22. The first-order chi connectivity index (χ1) is 8.24. The number of ketones is 1. The molecule has 17 heavy (non-hydrogen) atoms. The maximum atomic E-state index is 12.2. The predicted octanol–water partition coefficient (Wildman–Crippen LogP) is 2.12. The van der Waals surface area contributed by atoms with Crippen molar-refractivity contribution in [2.75, 3.05) is 13.7 Å². The Labute approximate surface area is 106 Å². The largest absolute Gasteiger partial charge is 0.472 e. The number of hydrogen-bond donors (Lipinski definition) is 0. The van der Waals surface area contributed by atoms with Crippen molar-refractivity contribution in [1.82, 2.24) is 9.78 Å². The van der Waals surface area contributed by atoms with Crippen LogP contribution in [0.15, 0.2) is 33.7 Å². The average molecular weight is 299 g/mol. The molecule has 2 heterocycles. The van der Waals surface area contributed by atoms with Crippen molar-refractivity contribution in [1.29, 1.82) is 0 Å². The van der Waals surface area contributed by atoms with Gasteiger partial charge in [-0.3, -0.25) is 9.48 Å². The second-order valence-electron chi connectivity index (χ2n) is 3.40. The minimum absolute atomic E-state index is 0.126. The van der Waals surface area contributed by atoms with Crippen LogP contribution in [0.3, 0.4) is 0 Å². The predicted molar refractivity (Wildman–Crippen MR) is 63.9 cm³/mol. The molecule has 0 saturated carbocycles. The molecule has 0 N–H and O–H groups in total. The number of rotatable bonds is 5. The molecule has 0 atom stereocenters. The summed E-state index contributed by atoms with van der Waals surface area (Å²) in [4.78, 5) is 12.2. The highest BCUT2D eigenvalue weighted by molar-refractivity contribution is 9.10. The third kappa shape index (κ3) is 2.48. The Bertz CT molecular complexity index is 505. The van der Waals surface area contributed by atoms with E-state index in [1.54, 1.807) is 24.1 Å². The number of halogens is 1. The Kier molecular flexibility index (Phi) is 3.75. The summed E-state index contributed by atoms with van der Waals surface area (Å²) in [7, 11) is 1.61. The molecule has 0 aromatic carbocycles. The number of furan rings is 1. The van der Waals surface area contributed by atoms with E-state index in [0.29, 0.717) is 28.9 Å². The lowest BCUT2D eigenvalue weighted by Gasteiger charge is -2.05. The summed E-state index contributed by atoms with van der Waals surface area (Å²) in [6.45, 7) is 1.03. The number of carbonyl (C=O) groups excluding carboxylic acids is 1. The van der Waals surface area contributed by atoms with Gasteiger partial charge in [0.05, 0.1) is 35.6 Å². The minimum Gasteiger partial charge on any atom is -0.472 e. The van der Waals surface area contributed by atoms with Gasteiger partial charge in [0, 0.05) is 7.11 Å². The van der Waals surface area contributed by atoms with E-state index in [1.165, 1.54) is 12.5 Å². The van der Waals surface area contributed by atoms with Crippen LogP contribution in [0.2, 0.25) is 0 Å². The smallest absolute Gasteiger partial charge is 0.215 e. The molecular formula is C11H11BrN2O3. The van der Waals surface area contributed by atoms with Crippen molar-refractivity contribution in [2.24, 2.45) is 0 Å². The van der Waals surface area contributed by atoms with E-state index in [2.05, 4.69) is 21.0 Å². The van der Waals surface area contributed by atoms with Gasteiger partial charge in [-0.15, -0.1) is 0 Å². The summed E-state index contributed by atoms with van der Waals surface area (Å²) in [6.07, 6.45) is 4.49. The Morgan fingerprint density at radius 3 is 3.12 bits per heavy atom. The molecule has 0 aliphatic carbocycles. The van der Waals surface area contributed by atoms with Gasteiger partial charge in [0.25, 0.3) is 0 Å². The Morgan fingerprint density at radius 1 is 1.65 bits per heavy atom. The van der Waals surface area contributed by atoms with Crippen molar-refractivity contribution in [2.45, 2.75) is 6.54 Å². The molecule has 2 aromatic heterocycles. The van der Waals surface area contributed by atoms with E-state index in [-0.39, 0.29) is 5.78 Å². The summed E-state index contributed by atoms with van der Waals surface area (Å²) in [5, 5.41) is 4.12. The van der Waals surface area contributed by atoms with Gasteiger partial charge in [-0.2, -0.15) is 5.10 Å². The number of nitrogens with zero attached hydrogens (tertiary/aromatic N) is 2. The highest BCUT2D eigenvalue weighted by Gasteiger charge is 2.19. The van der Waals surface area contributed by atoms with Crippen molar-refractivity contribution in [3.63, 3.8) is 0 Å². The van der Waals surface area contributed by atoms with Crippen molar-refractivity contribution < 1.29 is 13.9 Å². The van der Waals surface area contributed by atoms with Gasteiger partial charge in [-0.25, -0.2) is 0 Å². The number of aromatic nitrogens is 2.